The Balaban J connectivity index is 2.84. The number of nitrogens with zero attached hydrogens (tertiary/aromatic N) is 1. The molecule has 8 nitrogen and oxygen atoms in total. The number of carbonyl (C=O) groups is 1. The molecule has 0 saturated carbocycles. The average molecular weight is 282 g/mol. The minimum atomic E-state index is -0.663. The van der Waals surface area contributed by atoms with Gasteiger partial charge in [-0.15, -0.1) is 0 Å². The maximum Gasteiger partial charge on any atom is 0.327 e. The molecule has 0 amide bonds. The third-order valence-corrected chi connectivity index (χ3v) is 2.43. The summed E-state index contributed by atoms with van der Waals surface area (Å²) in [5.74, 6) is -0.121. The molecule has 0 atom stereocenters. The van der Waals surface area contributed by atoms with Crippen LogP contribution < -0.4 is 16.6 Å². The first-order chi connectivity index (χ1) is 9.54. The van der Waals surface area contributed by atoms with E-state index in [1.807, 2.05) is 4.98 Å². The lowest BCUT2D eigenvalue weighted by molar-refractivity contribution is -0.110. The van der Waals surface area contributed by atoms with Crippen LogP contribution >= 0.6 is 0 Å². The van der Waals surface area contributed by atoms with Crippen molar-refractivity contribution >= 4 is 23.5 Å². The van der Waals surface area contributed by atoms with E-state index in [1.54, 1.807) is 0 Å². The number of anilines is 1. The van der Waals surface area contributed by atoms with Crippen LogP contribution in [0, 0.1) is 0 Å². The summed E-state index contributed by atoms with van der Waals surface area (Å²) in [6.45, 7) is 1.96. The maximum atomic E-state index is 11.6. The van der Waals surface area contributed by atoms with Crippen molar-refractivity contribution < 1.29 is 9.90 Å². The standard InChI is InChI=1S/C12H18N4O4/c1-8(18)7-14-9-10(13-5-3-2-4-6-17)15-12(20)16-11(9)19/h7,17H,2-6H2,1H3,(H3,13,15,16,19,20). The summed E-state index contributed by atoms with van der Waals surface area (Å²) in [7, 11) is 0. The Bertz CT molecular complexity index is 588. The van der Waals surface area contributed by atoms with E-state index in [0.29, 0.717) is 13.0 Å². The van der Waals surface area contributed by atoms with Gasteiger partial charge in [0.25, 0.3) is 5.56 Å². The summed E-state index contributed by atoms with van der Waals surface area (Å²) in [6, 6.07) is 0. The van der Waals surface area contributed by atoms with Crippen molar-refractivity contribution in [2.45, 2.75) is 26.2 Å². The zero-order chi connectivity index (χ0) is 15.0. The Labute approximate surface area is 115 Å². The Hall–Kier alpha value is -2.22. The van der Waals surface area contributed by atoms with Crippen molar-refractivity contribution in [1.82, 2.24) is 9.97 Å². The van der Waals surface area contributed by atoms with Crippen LogP contribution in [0.1, 0.15) is 26.2 Å². The molecule has 0 fully saturated rings. The molecule has 0 aliphatic heterocycles. The van der Waals surface area contributed by atoms with Crippen LogP contribution in [0.25, 0.3) is 0 Å². The first kappa shape index (κ1) is 15.8. The van der Waals surface area contributed by atoms with Crippen LogP contribution in [0.2, 0.25) is 0 Å². The number of hydrogen-bond donors (Lipinski definition) is 4. The van der Waals surface area contributed by atoms with Gasteiger partial charge in [0.2, 0.25) is 0 Å². The minimum absolute atomic E-state index is 0.0399. The second kappa shape index (κ2) is 8.05. The highest BCUT2D eigenvalue weighted by molar-refractivity contribution is 6.26. The number of H-pyrrole nitrogens is 2. The van der Waals surface area contributed by atoms with Crippen LogP contribution in [0.5, 0.6) is 0 Å². The topological polar surface area (TPSA) is 127 Å². The summed E-state index contributed by atoms with van der Waals surface area (Å²) >= 11 is 0. The van der Waals surface area contributed by atoms with Gasteiger partial charge in [-0.25, -0.2) is 9.79 Å². The van der Waals surface area contributed by atoms with Crippen LogP contribution in [-0.2, 0) is 4.79 Å². The zero-order valence-electron chi connectivity index (χ0n) is 11.2. The molecule has 1 rings (SSSR count). The van der Waals surface area contributed by atoms with Gasteiger partial charge in [-0.2, -0.15) is 0 Å². The van der Waals surface area contributed by atoms with Crippen LogP contribution in [0.3, 0.4) is 0 Å². The molecule has 20 heavy (non-hydrogen) atoms. The fraction of sp³-hybridized carbons (Fsp3) is 0.500. The first-order valence-electron chi connectivity index (χ1n) is 6.30. The number of nitrogens with one attached hydrogen (secondary N) is 3. The van der Waals surface area contributed by atoms with Crippen molar-refractivity contribution in [1.29, 1.82) is 0 Å². The fourth-order valence-corrected chi connectivity index (χ4v) is 1.51. The molecule has 0 unspecified atom stereocenters. The SMILES string of the molecule is CC(=O)C=Nc1c(NCCCCCO)[nH]c(=O)[nH]c1=O. The minimum Gasteiger partial charge on any atom is -0.396 e. The van der Waals surface area contributed by atoms with E-state index in [0.717, 1.165) is 19.1 Å². The molecule has 0 bridgehead atoms. The molecular weight excluding hydrogens is 264 g/mol. The smallest absolute Gasteiger partial charge is 0.327 e. The van der Waals surface area contributed by atoms with Crippen LogP contribution in [0.15, 0.2) is 14.6 Å². The third kappa shape index (κ3) is 5.19. The monoisotopic (exact) mass is 282 g/mol. The van der Waals surface area contributed by atoms with E-state index >= 15 is 0 Å². The van der Waals surface area contributed by atoms with E-state index in [4.69, 9.17) is 5.11 Å². The van der Waals surface area contributed by atoms with Crippen molar-refractivity contribution in [3.05, 3.63) is 20.8 Å². The maximum absolute atomic E-state index is 11.6. The second-order valence-corrected chi connectivity index (χ2v) is 4.21. The Morgan fingerprint density at radius 3 is 2.70 bits per heavy atom. The van der Waals surface area contributed by atoms with Crippen molar-refractivity contribution in [3.63, 3.8) is 0 Å². The lowest BCUT2D eigenvalue weighted by Crippen LogP contribution is -2.24. The number of rotatable bonds is 8. The van der Waals surface area contributed by atoms with Crippen molar-refractivity contribution in [2.24, 2.45) is 4.99 Å². The van der Waals surface area contributed by atoms with E-state index in [-0.39, 0.29) is 23.9 Å². The lowest BCUT2D eigenvalue weighted by Gasteiger charge is -2.07. The highest BCUT2D eigenvalue weighted by Gasteiger charge is 2.07. The summed E-state index contributed by atoms with van der Waals surface area (Å²) < 4.78 is 0. The quantitative estimate of drug-likeness (QED) is 0.392. The molecule has 110 valence electrons. The number of aromatic nitrogens is 2. The predicted octanol–water partition coefficient (Wildman–Crippen LogP) is -0.0710. The number of aliphatic hydroxyl groups is 1. The molecule has 1 aromatic rings. The normalized spacial score (nSPS) is 10.9. The van der Waals surface area contributed by atoms with E-state index in [2.05, 4.69) is 15.3 Å². The number of unbranched alkanes of at least 4 members (excludes halogenated alkanes) is 2. The number of aliphatic hydroxyl groups excluding tert-OH is 1. The predicted molar refractivity (Wildman–Crippen MR) is 75.9 cm³/mol. The number of ketones is 1. The Kier molecular flexibility index (Phi) is 6.38. The summed E-state index contributed by atoms with van der Waals surface area (Å²) in [5, 5.41) is 11.6. The van der Waals surface area contributed by atoms with Crippen LogP contribution in [0.4, 0.5) is 11.5 Å². The second-order valence-electron chi connectivity index (χ2n) is 4.21. The van der Waals surface area contributed by atoms with E-state index in [9.17, 15) is 14.4 Å². The first-order valence-corrected chi connectivity index (χ1v) is 6.30. The van der Waals surface area contributed by atoms with Crippen molar-refractivity contribution in [3.8, 4) is 0 Å². The van der Waals surface area contributed by atoms with Crippen molar-refractivity contribution in [2.75, 3.05) is 18.5 Å². The highest BCUT2D eigenvalue weighted by Crippen LogP contribution is 2.14. The fourth-order valence-electron chi connectivity index (χ4n) is 1.51. The number of carbonyl (C=O) groups excluding carboxylic acids is 1. The molecule has 0 aliphatic carbocycles. The van der Waals surface area contributed by atoms with Crippen LogP contribution in [-0.4, -0.2) is 40.2 Å². The summed E-state index contributed by atoms with van der Waals surface area (Å²) in [4.78, 5) is 42.0. The molecule has 4 N–H and O–H groups in total. The number of aromatic amines is 2. The highest BCUT2D eigenvalue weighted by atomic mass is 16.3. The van der Waals surface area contributed by atoms with Gasteiger partial charge in [0.05, 0.1) is 6.21 Å². The number of aliphatic imine (C=N–C) groups is 1. The van der Waals surface area contributed by atoms with Gasteiger partial charge in [-0.05, 0) is 19.3 Å². The molecule has 8 heteroatoms. The molecule has 0 saturated heterocycles. The molecule has 1 heterocycles. The molecule has 0 radical (unpaired) electrons. The van der Waals surface area contributed by atoms with E-state index in [1.165, 1.54) is 6.92 Å². The number of hydrogen-bond acceptors (Lipinski definition) is 6. The van der Waals surface area contributed by atoms with Gasteiger partial charge < -0.3 is 10.4 Å². The summed E-state index contributed by atoms with van der Waals surface area (Å²) in [6.07, 6.45) is 3.30. The molecule has 1 aromatic heterocycles. The Morgan fingerprint density at radius 1 is 1.30 bits per heavy atom. The van der Waals surface area contributed by atoms with Gasteiger partial charge in [-0.3, -0.25) is 19.6 Å². The molecular formula is C12H18N4O4. The van der Waals surface area contributed by atoms with E-state index < -0.39 is 11.2 Å². The van der Waals surface area contributed by atoms with Gasteiger partial charge in [0, 0.05) is 20.1 Å². The number of Topliss-reactive ketones (excluding diaryl/α,β-unsaturated/α-hetero) is 1. The van der Waals surface area contributed by atoms with Gasteiger partial charge >= 0.3 is 5.69 Å². The summed E-state index contributed by atoms with van der Waals surface area (Å²) in [5.41, 5.74) is -1.35. The molecule has 0 spiro atoms. The Morgan fingerprint density at radius 2 is 2.05 bits per heavy atom. The zero-order valence-corrected chi connectivity index (χ0v) is 11.2. The third-order valence-electron chi connectivity index (χ3n) is 2.43. The average Bonchev–Trinajstić information content (AvgIpc) is 2.36. The van der Waals surface area contributed by atoms with Gasteiger partial charge in [-0.1, -0.05) is 0 Å². The molecule has 0 aromatic carbocycles. The molecule has 0 aliphatic rings. The van der Waals surface area contributed by atoms with Gasteiger partial charge in [0.15, 0.2) is 11.5 Å². The van der Waals surface area contributed by atoms with Gasteiger partial charge in [0.1, 0.15) is 5.82 Å². The largest absolute Gasteiger partial charge is 0.396 e. The lowest BCUT2D eigenvalue weighted by atomic mass is 10.2.